The molecule has 2 bridgehead atoms. The normalized spacial score (nSPS) is 24.6. The van der Waals surface area contributed by atoms with Crippen LogP contribution in [0.5, 0.6) is 0 Å². The molecule has 0 unspecified atom stereocenters. The van der Waals surface area contributed by atoms with Crippen LogP contribution in [0, 0.1) is 0 Å². The molecule has 5 aromatic rings. The Morgan fingerprint density at radius 2 is 1.49 bits per heavy atom. The standard InChI is InChI=1S/C27H20N4O4/c1-28-26(34)27(35)11-12-10-17(27)31-16-9-5-3-7-14(16)19-21-20(24(32)29-25(21)33)18-13-6-2-4-8-15(13)30(12)22(18)23(19)31/h2-9,12,17,35H,10-11H2,1H3,(H,28,34)(H,29,32,33)/t12-,17+,27-/m0/s1. The molecule has 4 heterocycles. The lowest BCUT2D eigenvalue weighted by atomic mass is 9.94. The van der Waals surface area contributed by atoms with Crippen LogP contribution in [0.1, 0.15) is 45.6 Å². The van der Waals surface area contributed by atoms with E-state index in [-0.39, 0.29) is 18.4 Å². The van der Waals surface area contributed by atoms with Crippen LogP contribution < -0.4 is 10.6 Å². The molecule has 0 saturated heterocycles. The van der Waals surface area contributed by atoms with Crippen LogP contribution in [-0.4, -0.2) is 44.6 Å². The molecule has 3 aliphatic rings. The molecule has 1 fully saturated rings. The van der Waals surface area contributed by atoms with Crippen molar-refractivity contribution in [1.82, 2.24) is 19.8 Å². The number of para-hydroxylation sites is 2. The highest BCUT2D eigenvalue weighted by molar-refractivity contribution is 6.39. The Labute approximate surface area is 198 Å². The van der Waals surface area contributed by atoms with E-state index in [1.54, 1.807) is 7.05 Å². The second kappa shape index (κ2) is 5.90. The molecule has 8 heteroatoms. The predicted molar refractivity (Wildman–Crippen MR) is 131 cm³/mol. The molecule has 3 aromatic carbocycles. The van der Waals surface area contributed by atoms with Gasteiger partial charge in [-0.15, -0.1) is 0 Å². The summed E-state index contributed by atoms with van der Waals surface area (Å²) in [6, 6.07) is 14.9. The molecule has 8 nitrogen and oxygen atoms in total. The molecule has 3 atom stereocenters. The summed E-state index contributed by atoms with van der Waals surface area (Å²) in [6.07, 6.45) is 0.797. The molecule has 35 heavy (non-hydrogen) atoms. The van der Waals surface area contributed by atoms with Gasteiger partial charge in [0.15, 0.2) is 5.60 Å². The summed E-state index contributed by atoms with van der Waals surface area (Å²) in [5.41, 5.74) is 2.58. The van der Waals surface area contributed by atoms with Gasteiger partial charge in [0, 0.05) is 52.1 Å². The first-order valence-electron chi connectivity index (χ1n) is 11.8. The summed E-state index contributed by atoms with van der Waals surface area (Å²) < 4.78 is 4.25. The maximum Gasteiger partial charge on any atom is 0.259 e. The maximum atomic E-state index is 13.2. The van der Waals surface area contributed by atoms with Crippen LogP contribution in [0.25, 0.3) is 43.6 Å². The van der Waals surface area contributed by atoms with Gasteiger partial charge in [-0.1, -0.05) is 36.4 Å². The lowest BCUT2D eigenvalue weighted by Gasteiger charge is -2.31. The smallest absolute Gasteiger partial charge is 0.259 e. The lowest BCUT2D eigenvalue weighted by Crippen LogP contribution is -2.49. The van der Waals surface area contributed by atoms with Crippen molar-refractivity contribution in [1.29, 1.82) is 0 Å². The highest BCUT2D eigenvalue weighted by Gasteiger charge is 2.55. The topological polar surface area (TPSA) is 105 Å². The van der Waals surface area contributed by atoms with Crippen LogP contribution in [0.2, 0.25) is 0 Å². The van der Waals surface area contributed by atoms with Gasteiger partial charge < -0.3 is 19.6 Å². The van der Waals surface area contributed by atoms with E-state index >= 15 is 0 Å². The van der Waals surface area contributed by atoms with Gasteiger partial charge in [-0.2, -0.15) is 0 Å². The fraction of sp³-hybridized carbons (Fsp3) is 0.222. The summed E-state index contributed by atoms with van der Waals surface area (Å²) in [6.45, 7) is 0. The van der Waals surface area contributed by atoms with Crippen LogP contribution in [0.15, 0.2) is 48.5 Å². The van der Waals surface area contributed by atoms with E-state index in [2.05, 4.69) is 19.8 Å². The molecular weight excluding hydrogens is 444 g/mol. The number of aromatic nitrogens is 2. The van der Waals surface area contributed by atoms with E-state index in [4.69, 9.17) is 0 Å². The molecule has 8 rings (SSSR count). The largest absolute Gasteiger partial charge is 0.378 e. The molecule has 0 radical (unpaired) electrons. The number of nitrogens with zero attached hydrogens (tertiary/aromatic N) is 2. The second-order valence-corrected chi connectivity index (χ2v) is 9.87. The first kappa shape index (κ1) is 19.2. The number of carbonyl (C=O) groups excluding carboxylic acids is 3. The van der Waals surface area contributed by atoms with Gasteiger partial charge in [-0.05, 0) is 18.6 Å². The minimum atomic E-state index is -1.62. The average Bonchev–Trinajstić information content (AvgIpc) is 3.53. The second-order valence-electron chi connectivity index (χ2n) is 9.87. The van der Waals surface area contributed by atoms with E-state index in [1.165, 1.54) is 0 Å². The van der Waals surface area contributed by atoms with Crippen molar-refractivity contribution in [3.63, 3.8) is 0 Å². The zero-order valence-corrected chi connectivity index (χ0v) is 18.8. The van der Waals surface area contributed by atoms with Crippen LogP contribution in [0.4, 0.5) is 0 Å². The number of carbonyl (C=O) groups is 3. The fourth-order valence-corrected chi connectivity index (χ4v) is 7.14. The quantitative estimate of drug-likeness (QED) is 0.332. The van der Waals surface area contributed by atoms with Crippen LogP contribution in [0.3, 0.4) is 0 Å². The highest BCUT2D eigenvalue weighted by Crippen LogP contribution is 2.56. The predicted octanol–water partition coefficient (Wildman–Crippen LogP) is 3.15. The Hall–Kier alpha value is -4.17. The van der Waals surface area contributed by atoms with Gasteiger partial charge in [-0.3, -0.25) is 19.7 Å². The number of rotatable bonds is 1. The molecule has 1 aliphatic carbocycles. The zero-order chi connectivity index (χ0) is 23.8. The van der Waals surface area contributed by atoms with Crippen molar-refractivity contribution in [2.24, 2.45) is 0 Å². The zero-order valence-electron chi connectivity index (χ0n) is 18.8. The van der Waals surface area contributed by atoms with Gasteiger partial charge >= 0.3 is 0 Å². The number of aliphatic hydroxyl groups is 1. The monoisotopic (exact) mass is 464 g/mol. The summed E-state index contributed by atoms with van der Waals surface area (Å²) in [5.74, 6) is -1.22. The van der Waals surface area contributed by atoms with E-state index in [9.17, 15) is 19.5 Å². The molecule has 3 amide bonds. The number of hydrogen-bond donors (Lipinski definition) is 3. The van der Waals surface area contributed by atoms with E-state index < -0.39 is 23.5 Å². The number of hydrogen-bond acceptors (Lipinski definition) is 4. The first-order valence-corrected chi connectivity index (χ1v) is 11.8. The number of imide groups is 1. The summed E-state index contributed by atoms with van der Waals surface area (Å²) >= 11 is 0. The molecule has 2 aromatic heterocycles. The van der Waals surface area contributed by atoms with Crippen molar-refractivity contribution in [3.05, 3.63) is 59.7 Å². The van der Waals surface area contributed by atoms with Crippen molar-refractivity contribution >= 4 is 61.3 Å². The summed E-state index contributed by atoms with van der Waals surface area (Å²) in [7, 11) is 1.54. The lowest BCUT2D eigenvalue weighted by molar-refractivity contribution is -0.142. The number of benzene rings is 3. The number of likely N-dealkylation sites (N-methyl/N-ethyl adjacent to an activating group) is 1. The van der Waals surface area contributed by atoms with Crippen molar-refractivity contribution < 1.29 is 19.5 Å². The average molecular weight is 464 g/mol. The van der Waals surface area contributed by atoms with Crippen molar-refractivity contribution in [2.45, 2.75) is 30.5 Å². The Bertz CT molecular complexity index is 1860. The van der Waals surface area contributed by atoms with Gasteiger partial charge in [0.2, 0.25) is 0 Å². The molecule has 3 N–H and O–H groups in total. The number of nitrogens with one attached hydrogen (secondary N) is 2. The Morgan fingerprint density at radius 3 is 2.09 bits per heavy atom. The van der Waals surface area contributed by atoms with Crippen LogP contribution >= 0.6 is 0 Å². The molecule has 0 spiro atoms. The SMILES string of the molecule is CNC(=O)[C@]1(O)C[C@@H]2C[C@H]1n1c3ccccc3c3c4c(c5c6ccccc6n2c5c31)C(=O)NC4=O. The van der Waals surface area contributed by atoms with E-state index in [1.807, 2.05) is 48.5 Å². The minimum Gasteiger partial charge on any atom is -0.378 e. The van der Waals surface area contributed by atoms with Gasteiger partial charge in [0.1, 0.15) is 0 Å². The minimum absolute atomic E-state index is 0.162. The third kappa shape index (κ3) is 1.95. The summed E-state index contributed by atoms with van der Waals surface area (Å²) in [5, 5.41) is 20.2. The Kier molecular flexibility index (Phi) is 3.23. The van der Waals surface area contributed by atoms with E-state index in [0.29, 0.717) is 22.9 Å². The van der Waals surface area contributed by atoms with Crippen molar-refractivity contribution in [2.75, 3.05) is 7.05 Å². The number of fused-ring (bicyclic) bond motifs is 13. The fourth-order valence-electron chi connectivity index (χ4n) is 7.14. The molecule has 1 saturated carbocycles. The Morgan fingerprint density at radius 1 is 0.943 bits per heavy atom. The van der Waals surface area contributed by atoms with Gasteiger partial charge in [-0.25, -0.2) is 0 Å². The van der Waals surface area contributed by atoms with E-state index in [0.717, 1.165) is 38.2 Å². The van der Waals surface area contributed by atoms with Crippen LogP contribution in [-0.2, 0) is 4.79 Å². The molecule has 172 valence electrons. The third-order valence-electron chi connectivity index (χ3n) is 8.37. The number of amides is 3. The maximum absolute atomic E-state index is 13.2. The molecule has 2 aliphatic heterocycles. The summed E-state index contributed by atoms with van der Waals surface area (Å²) in [4.78, 5) is 39.5. The van der Waals surface area contributed by atoms with Gasteiger partial charge in [0.25, 0.3) is 17.7 Å². The van der Waals surface area contributed by atoms with Gasteiger partial charge in [0.05, 0.1) is 28.2 Å². The third-order valence-corrected chi connectivity index (χ3v) is 8.37. The Balaban J connectivity index is 1.73. The van der Waals surface area contributed by atoms with Crippen molar-refractivity contribution in [3.8, 4) is 0 Å². The molecular formula is C27H20N4O4. The highest BCUT2D eigenvalue weighted by atomic mass is 16.3. The first-order chi connectivity index (χ1) is 17.0.